The summed E-state index contributed by atoms with van der Waals surface area (Å²) in [5.41, 5.74) is 0.486. The van der Waals surface area contributed by atoms with Crippen LogP contribution in [0, 0.1) is 5.82 Å². The Kier molecular flexibility index (Phi) is 5.73. The van der Waals surface area contributed by atoms with Crippen LogP contribution in [-0.2, 0) is 4.79 Å². The van der Waals surface area contributed by atoms with Crippen molar-refractivity contribution in [2.24, 2.45) is 0 Å². The van der Waals surface area contributed by atoms with E-state index in [1.807, 2.05) is 16.7 Å². The quantitative estimate of drug-likeness (QED) is 0.889. The van der Waals surface area contributed by atoms with Gasteiger partial charge >= 0.3 is 0 Å². The fourth-order valence-electron chi connectivity index (χ4n) is 3.02. The van der Waals surface area contributed by atoms with Gasteiger partial charge in [0.1, 0.15) is 5.82 Å². The molecule has 2 saturated heterocycles. The molecule has 2 aliphatic heterocycles. The van der Waals surface area contributed by atoms with Gasteiger partial charge in [-0.25, -0.2) is 4.39 Å². The van der Waals surface area contributed by atoms with Crippen LogP contribution in [0.25, 0.3) is 0 Å². The van der Waals surface area contributed by atoms with E-state index in [4.69, 9.17) is 0 Å². The molecule has 1 aromatic carbocycles. The summed E-state index contributed by atoms with van der Waals surface area (Å²) in [4.78, 5) is 28.3. The number of hydrogen-bond acceptors (Lipinski definition) is 4. The lowest BCUT2D eigenvalue weighted by Gasteiger charge is -2.36. The van der Waals surface area contributed by atoms with Gasteiger partial charge in [-0.05, 0) is 24.3 Å². The van der Waals surface area contributed by atoms with Crippen molar-refractivity contribution in [3.8, 4) is 0 Å². The Morgan fingerprint density at radius 2 is 1.79 bits per heavy atom. The molecule has 1 unspecified atom stereocenters. The zero-order valence-corrected chi connectivity index (χ0v) is 14.4. The van der Waals surface area contributed by atoms with Gasteiger partial charge in [-0.1, -0.05) is 0 Å². The normalized spacial score (nSPS) is 21.6. The van der Waals surface area contributed by atoms with Crippen LogP contribution in [0.2, 0.25) is 0 Å². The van der Waals surface area contributed by atoms with Gasteiger partial charge in [0.25, 0.3) is 5.91 Å². The summed E-state index contributed by atoms with van der Waals surface area (Å²) in [7, 11) is 0. The molecule has 5 nitrogen and oxygen atoms in total. The molecule has 0 aliphatic carbocycles. The maximum atomic E-state index is 12.9. The summed E-state index contributed by atoms with van der Waals surface area (Å²) in [6, 6.07) is 5.85. The Bertz CT molecular complexity index is 582. The van der Waals surface area contributed by atoms with Gasteiger partial charge in [0, 0.05) is 62.3 Å². The molecule has 0 radical (unpaired) electrons. The summed E-state index contributed by atoms with van der Waals surface area (Å²) in [6.07, 6.45) is 0.527. The van der Waals surface area contributed by atoms with Crippen LogP contribution < -0.4 is 5.32 Å². The third kappa shape index (κ3) is 4.27. The van der Waals surface area contributed by atoms with Crippen LogP contribution >= 0.6 is 11.8 Å². The van der Waals surface area contributed by atoms with Gasteiger partial charge in [-0.15, -0.1) is 0 Å². The Balaban J connectivity index is 1.48. The summed E-state index contributed by atoms with van der Waals surface area (Å²) in [5, 5.41) is 3.38. The first-order chi connectivity index (χ1) is 11.6. The van der Waals surface area contributed by atoms with Crippen molar-refractivity contribution in [2.45, 2.75) is 12.5 Å². The van der Waals surface area contributed by atoms with Gasteiger partial charge in [0.15, 0.2) is 0 Å². The van der Waals surface area contributed by atoms with Crippen molar-refractivity contribution in [1.29, 1.82) is 0 Å². The van der Waals surface area contributed by atoms with Crippen LogP contribution in [0.4, 0.5) is 4.39 Å². The first-order valence-electron chi connectivity index (χ1n) is 8.27. The highest BCUT2D eigenvalue weighted by molar-refractivity contribution is 7.99. The lowest BCUT2D eigenvalue weighted by atomic mass is 10.1. The first kappa shape index (κ1) is 17.2. The number of hydrogen-bond donors (Lipinski definition) is 1. The zero-order chi connectivity index (χ0) is 16.9. The third-order valence-electron chi connectivity index (χ3n) is 4.43. The van der Waals surface area contributed by atoms with E-state index in [1.54, 1.807) is 4.90 Å². The lowest BCUT2D eigenvalue weighted by Crippen LogP contribution is -2.52. The highest BCUT2D eigenvalue weighted by atomic mass is 32.2. The van der Waals surface area contributed by atoms with Gasteiger partial charge in [0.2, 0.25) is 5.91 Å². The molecule has 2 fully saturated rings. The largest absolute Gasteiger partial charge is 0.339 e. The fraction of sp³-hybridized carbons (Fsp3) is 0.529. The molecule has 2 aliphatic rings. The van der Waals surface area contributed by atoms with Crippen LogP contribution in [0.5, 0.6) is 0 Å². The minimum absolute atomic E-state index is 0.104. The van der Waals surface area contributed by atoms with Crippen molar-refractivity contribution in [3.63, 3.8) is 0 Å². The fourth-order valence-corrected chi connectivity index (χ4v) is 3.97. The van der Waals surface area contributed by atoms with Crippen molar-refractivity contribution in [1.82, 2.24) is 15.1 Å². The minimum atomic E-state index is -0.351. The van der Waals surface area contributed by atoms with Crippen molar-refractivity contribution < 1.29 is 14.0 Å². The Hall–Kier alpha value is -1.60. The van der Waals surface area contributed by atoms with E-state index in [0.717, 1.165) is 18.1 Å². The molecular weight excluding hydrogens is 329 g/mol. The number of halogens is 1. The first-order valence-corrected chi connectivity index (χ1v) is 9.43. The molecule has 1 aromatic rings. The topological polar surface area (TPSA) is 52.7 Å². The number of nitrogens with zero attached hydrogens (tertiary/aromatic N) is 2. The second-order valence-corrected chi connectivity index (χ2v) is 7.26. The van der Waals surface area contributed by atoms with Crippen molar-refractivity contribution >= 4 is 23.6 Å². The van der Waals surface area contributed by atoms with E-state index in [0.29, 0.717) is 38.2 Å². The number of carbonyl (C=O) groups excluding carboxylic acids is 2. The Labute approximate surface area is 145 Å². The van der Waals surface area contributed by atoms with Crippen molar-refractivity contribution in [2.75, 3.05) is 44.2 Å². The molecule has 130 valence electrons. The average Bonchev–Trinajstić information content (AvgIpc) is 2.63. The van der Waals surface area contributed by atoms with Gasteiger partial charge in [-0.2, -0.15) is 11.8 Å². The maximum Gasteiger partial charge on any atom is 0.253 e. The number of benzene rings is 1. The highest BCUT2D eigenvalue weighted by Gasteiger charge is 2.26. The Morgan fingerprint density at radius 1 is 1.12 bits per heavy atom. The molecule has 1 N–H and O–H groups in total. The molecule has 0 bridgehead atoms. The molecule has 2 amide bonds. The second kappa shape index (κ2) is 7.98. The van der Waals surface area contributed by atoms with Crippen LogP contribution in [-0.4, -0.2) is 71.9 Å². The number of rotatable bonds is 3. The molecule has 0 spiro atoms. The predicted octanol–water partition coefficient (Wildman–Crippen LogP) is 1.21. The average molecular weight is 351 g/mol. The maximum absolute atomic E-state index is 12.9. The molecule has 0 saturated carbocycles. The number of thioether (sulfide) groups is 1. The second-order valence-electron chi connectivity index (χ2n) is 6.11. The lowest BCUT2D eigenvalue weighted by molar-refractivity contribution is -0.133. The highest BCUT2D eigenvalue weighted by Crippen LogP contribution is 2.14. The molecular formula is C17H22FN3O2S. The summed E-state index contributed by atoms with van der Waals surface area (Å²) in [5.74, 6) is 1.79. The van der Waals surface area contributed by atoms with Crippen molar-refractivity contribution in [3.05, 3.63) is 35.6 Å². The number of piperazine rings is 1. The smallest absolute Gasteiger partial charge is 0.253 e. The molecule has 0 aromatic heterocycles. The van der Waals surface area contributed by atoms with E-state index in [2.05, 4.69) is 5.32 Å². The Morgan fingerprint density at radius 3 is 2.42 bits per heavy atom. The molecule has 3 rings (SSSR count). The van der Waals surface area contributed by atoms with E-state index in [-0.39, 0.29) is 23.7 Å². The number of amides is 2. The van der Waals surface area contributed by atoms with E-state index >= 15 is 0 Å². The van der Waals surface area contributed by atoms with E-state index in [1.165, 1.54) is 24.3 Å². The van der Waals surface area contributed by atoms with Gasteiger partial charge in [-0.3, -0.25) is 9.59 Å². The number of nitrogens with one attached hydrogen (secondary N) is 1. The minimum Gasteiger partial charge on any atom is -0.339 e. The summed E-state index contributed by atoms with van der Waals surface area (Å²) < 4.78 is 12.9. The van der Waals surface area contributed by atoms with E-state index in [9.17, 15) is 14.0 Å². The number of carbonyl (C=O) groups is 2. The van der Waals surface area contributed by atoms with Crippen LogP contribution in [0.15, 0.2) is 24.3 Å². The summed E-state index contributed by atoms with van der Waals surface area (Å²) in [6.45, 7) is 3.13. The van der Waals surface area contributed by atoms with Crippen LogP contribution in [0.1, 0.15) is 16.8 Å². The zero-order valence-electron chi connectivity index (χ0n) is 13.5. The molecule has 1 atom stereocenters. The predicted molar refractivity (Wildman–Crippen MR) is 92.6 cm³/mol. The monoisotopic (exact) mass is 351 g/mol. The van der Waals surface area contributed by atoms with Crippen LogP contribution in [0.3, 0.4) is 0 Å². The molecule has 24 heavy (non-hydrogen) atoms. The SMILES string of the molecule is O=C(CC1CSCCN1)N1CCN(C(=O)c2ccc(F)cc2)CC1. The summed E-state index contributed by atoms with van der Waals surface area (Å²) >= 11 is 1.88. The van der Waals surface area contributed by atoms with Gasteiger partial charge in [0.05, 0.1) is 0 Å². The molecule has 7 heteroatoms. The third-order valence-corrected chi connectivity index (χ3v) is 5.56. The molecule has 2 heterocycles. The van der Waals surface area contributed by atoms with E-state index < -0.39 is 0 Å². The standard InChI is InChI=1S/C17H22FN3O2S/c18-14-3-1-13(2-4-14)17(23)21-8-6-20(7-9-21)16(22)11-15-12-24-10-5-19-15/h1-4,15,19H,5-12H2. The van der Waals surface area contributed by atoms with Gasteiger partial charge < -0.3 is 15.1 Å².